The fourth-order valence-electron chi connectivity index (χ4n) is 2.44. The number of piperidine rings is 1. The number of carbonyl (C=O) groups excluding carboxylic acids is 3. The van der Waals surface area contributed by atoms with Crippen LogP contribution in [0.2, 0.25) is 0 Å². The van der Waals surface area contributed by atoms with Crippen molar-refractivity contribution in [3.63, 3.8) is 0 Å². The molecule has 2 aromatic rings. The van der Waals surface area contributed by atoms with Crippen LogP contribution in [0.3, 0.4) is 0 Å². The smallest absolute Gasteiger partial charge is 0.234 e. The standard InChI is InChI=1S/C13H11N3O3/c17-7-11-14-6-10-8(2-1-5-16(10)11)9-3-4-12(18)15-13(9)19/h1-2,5-7,9H,3-4H2,(H,15,18,19). The van der Waals surface area contributed by atoms with Crippen molar-refractivity contribution >= 4 is 23.6 Å². The van der Waals surface area contributed by atoms with Crippen LogP contribution in [0.4, 0.5) is 0 Å². The maximum absolute atomic E-state index is 11.9. The second-order valence-corrected chi connectivity index (χ2v) is 4.46. The molecule has 0 aromatic carbocycles. The predicted molar refractivity (Wildman–Crippen MR) is 65.7 cm³/mol. The second-order valence-electron chi connectivity index (χ2n) is 4.46. The normalized spacial score (nSPS) is 19.5. The van der Waals surface area contributed by atoms with Gasteiger partial charge in [0.25, 0.3) is 0 Å². The minimum Gasteiger partial charge on any atom is -0.297 e. The Morgan fingerprint density at radius 2 is 2.26 bits per heavy atom. The van der Waals surface area contributed by atoms with Crippen molar-refractivity contribution in [2.24, 2.45) is 0 Å². The third-order valence-electron chi connectivity index (χ3n) is 3.35. The zero-order chi connectivity index (χ0) is 13.4. The molecule has 0 radical (unpaired) electrons. The van der Waals surface area contributed by atoms with Gasteiger partial charge < -0.3 is 0 Å². The van der Waals surface area contributed by atoms with Crippen LogP contribution in [0.1, 0.15) is 34.9 Å². The molecule has 1 aliphatic heterocycles. The molecule has 2 aromatic heterocycles. The number of amides is 2. The summed E-state index contributed by atoms with van der Waals surface area (Å²) in [7, 11) is 0. The molecule has 6 heteroatoms. The van der Waals surface area contributed by atoms with Crippen LogP contribution in [0, 0.1) is 0 Å². The molecule has 0 saturated carbocycles. The molecule has 0 bridgehead atoms. The summed E-state index contributed by atoms with van der Waals surface area (Å²) in [5.41, 5.74) is 1.51. The molecule has 1 aliphatic rings. The Kier molecular flexibility index (Phi) is 2.63. The second kappa shape index (κ2) is 4.31. The first-order chi connectivity index (χ1) is 9.20. The van der Waals surface area contributed by atoms with Gasteiger partial charge in [-0.3, -0.25) is 24.1 Å². The number of hydrogen-bond acceptors (Lipinski definition) is 4. The first-order valence-corrected chi connectivity index (χ1v) is 5.95. The fraction of sp³-hybridized carbons (Fsp3) is 0.231. The van der Waals surface area contributed by atoms with Crippen molar-refractivity contribution in [2.45, 2.75) is 18.8 Å². The van der Waals surface area contributed by atoms with Gasteiger partial charge in [-0.05, 0) is 18.1 Å². The minimum atomic E-state index is -0.377. The Balaban J connectivity index is 2.10. The summed E-state index contributed by atoms with van der Waals surface area (Å²) >= 11 is 0. The highest BCUT2D eigenvalue weighted by Crippen LogP contribution is 2.28. The molecule has 19 heavy (non-hydrogen) atoms. The van der Waals surface area contributed by atoms with Gasteiger partial charge in [0.15, 0.2) is 12.1 Å². The molecular weight excluding hydrogens is 246 g/mol. The molecule has 3 heterocycles. The molecule has 3 rings (SSSR count). The van der Waals surface area contributed by atoms with Crippen LogP contribution >= 0.6 is 0 Å². The van der Waals surface area contributed by atoms with E-state index in [-0.39, 0.29) is 17.7 Å². The lowest BCUT2D eigenvalue weighted by molar-refractivity contribution is -0.134. The van der Waals surface area contributed by atoms with Gasteiger partial charge in [-0.1, -0.05) is 6.07 Å². The summed E-state index contributed by atoms with van der Waals surface area (Å²) in [5, 5.41) is 2.34. The van der Waals surface area contributed by atoms with Gasteiger partial charge in [-0.15, -0.1) is 0 Å². The molecule has 0 aliphatic carbocycles. The number of nitrogens with one attached hydrogen (secondary N) is 1. The number of fused-ring (bicyclic) bond motifs is 1. The zero-order valence-electron chi connectivity index (χ0n) is 10.00. The number of rotatable bonds is 2. The monoisotopic (exact) mass is 257 g/mol. The average molecular weight is 257 g/mol. The van der Waals surface area contributed by atoms with E-state index in [9.17, 15) is 14.4 Å². The van der Waals surface area contributed by atoms with Crippen molar-refractivity contribution in [1.82, 2.24) is 14.7 Å². The van der Waals surface area contributed by atoms with E-state index in [1.165, 1.54) is 0 Å². The number of carbonyl (C=O) groups is 3. The molecule has 1 atom stereocenters. The van der Waals surface area contributed by atoms with E-state index in [0.717, 1.165) is 11.1 Å². The highest BCUT2D eigenvalue weighted by molar-refractivity contribution is 6.01. The first kappa shape index (κ1) is 11.6. The number of hydrogen-bond donors (Lipinski definition) is 1. The maximum atomic E-state index is 11.9. The Morgan fingerprint density at radius 1 is 1.42 bits per heavy atom. The van der Waals surface area contributed by atoms with Crippen LogP contribution in [0.15, 0.2) is 24.5 Å². The molecule has 2 amide bonds. The molecule has 1 fully saturated rings. The summed E-state index contributed by atoms with van der Waals surface area (Å²) in [4.78, 5) is 37.9. The van der Waals surface area contributed by atoms with Crippen molar-refractivity contribution in [3.8, 4) is 0 Å². The molecule has 96 valence electrons. The number of imide groups is 1. The Bertz CT molecular complexity index is 689. The SMILES string of the molecule is O=Cc1ncc2c(C3CCC(=O)NC3=O)cccn12. The number of imidazole rings is 1. The lowest BCUT2D eigenvalue weighted by Gasteiger charge is -2.21. The van der Waals surface area contributed by atoms with E-state index < -0.39 is 0 Å². The summed E-state index contributed by atoms with van der Waals surface area (Å²) < 4.78 is 1.64. The highest BCUT2D eigenvalue weighted by atomic mass is 16.2. The Morgan fingerprint density at radius 3 is 3.00 bits per heavy atom. The van der Waals surface area contributed by atoms with E-state index >= 15 is 0 Å². The summed E-state index contributed by atoms with van der Waals surface area (Å²) in [6.07, 6.45) is 4.77. The van der Waals surface area contributed by atoms with E-state index in [4.69, 9.17) is 0 Å². The Hall–Kier alpha value is -2.50. The molecular formula is C13H11N3O3. The number of pyridine rings is 1. The van der Waals surface area contributed by atoms with Gasteiger partial charge >= 0.3 is 0 Å². The van der Waals surface area contributed by atoms with Crippen LogP contribution in [-0.2, 0) is 9.59 Å². The van der Waals surface area contributed by atoms with Crippen LogP contribution in [0.25, 0.3) is 5.52 Å². The number of aromatic nitrogens is 2. The lowest BCUT2D eigenvalue weighted by Crippen LogP contribution is -2.39. The molecule has 6 nitrogen and oxygen atoms in total. The van der Waals surface area contributed by atoms with Gasteiger partial charge in [-0.25, -0.2) is 4.98 Å². The van der Waals surface area contributed by atoms with E-state index in [2.05, 4.69) is 10.3 Å². The number of nitrogens with zero attached hydrogens (tertiary/aromatic N) is 2. The van der Waals surface area contributed by atoms with Gasteiger partial charge in [0, 0.05) is 12.6 Å². The molecule has 1 unspecified atom stereocenters. The molecule has 1 saturated heterocycles. The lowest BCUT2D eigenvalue weighted by atomic mass is 9.90. The van der Waals surface area contributed by atoms with E-state index in [1.54, 1.807) is 22.9 Å². The van der Waals surface area contributed by atoms with Gasteiger partial charge in [0.1, 0.15) is 0 Å². The van der Waals surface area contributed by atoms with Crippen molar-refractivity contribution in [1.29, 1.82) is 0 Å². The van der Waals surface area contributed by atoms with Crippen LogP contribution < -0.4 is 5.32 Å². The largest absolute Gasteiger partial charge is 0.297 e. The van der Waals surface area contributed by atoms with Crippen molar-refractivity contribution < 1.29 is 14.4 Å². The third-order valence-corrected chi connectivity index (χ3v) is 3.35. The molecule has 1 N–H and O–H groups in total. The summed E-state index contributed by atoms with van der Waals surface area (Å²) in [5.74, 6) is -0.616. The predicted octanol–water partition coefficient (Wildman–Crippen LogP) is 0.667. The first-order valence-electron chi connectivity index (χ1n) is 5.95. The van der Waals surface area contributed by atoms with E-state index in [0.29, 0.717) is 25.0 Å². The van der Waals surface area contributed by atoms with Crippen LogP contribution in [0.5, 0.6) is 0 Å². The topological polar surface area (TPSA) is 80.5 Å². The maximum Gasteiger partial charge on any atom is 0.234 e. The molecule has 0 spiro atoms. The highest BCUT2D eigenvalue weighted by Gasteiger charge is 2.29. The van der Waals surface area contributed by atoms with Crippen molar-refractivity contribution in [2.75, 3.05) is 0 Å². The van der Waals surface area contributed by atoms with Gasteiger partial charge in [-0.2, -0.15) is 0 Å². The Labute approximate surface area is 108 Å². The van der Waals surface area contributed by atoms with Crippen molar-refractivity contribution in [3.05, 3.63) is 35.9 Å². The number of aldehydes is 1. The van der Waals surface area contributed by atoms with E-state index in [1.807, 2.05) is 6.07 Å². The average Bonchev–Trinajstić information content (AvgIpc) is 2.82. The fourth-order valence-corrected chi connectivity index (χ4v) is 2.44. The zero-order valence-corrected chi connectivity index (χ0v) is 10.00. The van der Waals surface area contributed by atoms with Gasteiger partial charge in [0.05, 0.1) is 17.6 Å². The third kappa shape index (κ3) is 1.81. The van der Waals surface area contributed by atoms with Gasteiger partial charge in [0.2, 0.25) is 11.8 Å². The van der Waals surface area contributed by atoms with Crippen LogP contribution in [-0.4, -0.2) is 27.5 Å². The quantitative estimate of drug-likeness (QED) is 0.633. The minimum absolute atomic E-state index is 0.240. The summed E-state index contributed by atoms with van der Waals surface area (Å²) in [6.45, 7) is 0. The summed E-state index contributed by atoms with van der Waals surface area (Å²) in [6, 6.07) is 3.59.